The Morgan fingerprint density at radius 3 is 2.48 bits per heavy atom. The van der Waals surface area contributed by atoms with E-state index in [1.165, 1.54) is 10.0 Å². The SMILES string of the molecule is N#CN1CCCCN1C(=O)C(Cc1ccc(O)cc1)Nc1ccc(Cl)cc1. The van der Waals surface area contributed by atoms with Gasteiger partial charge in [0.05, 0.1) is 6.54 Å². The van der Waals surface area contributed by atoms with E-state index in [9.17, 15) is 15.2 Å². The Labute approximate surface area is 163 Å². The van der Waals surface area contributed by atoms with Crippen molar-refractivity contribution >= 4 is 23.2 Å². The predicted octanol–water partition coefficient (Wildman–Crippen LogP) is 3.39. The van der Waals surface area contributed by atoms with Crippen LogP contribution in [0.4, 0.5) is 5.69 Å². The number of hydrazine groups is 1. The maximum absolute atomic E-state index is 13.2. The molecule has 1 atom stereocenters. The number of nitriles is 1. The number of nitrogens with one attached hydrogen (secondary N) is 1. The summed E-state index contributed by atoms with van der Waals surface area (Å²) in [7, 11) is 0. The zero-order valence-corrected chi connectivity index (χ0v) is 15.6. The van der Waals surface area contributed by atoms with E-state index in [0.717, 1.165) is 24.1 Å². The second kappa shape index (κ2) is 8.65. The number of rotatable bonds is 5. The van der Waals surface area contributed by atoms with Gasteiger partial charge in [0, 0.05) is 23.7 Å². The van der Waals surface area contributed by atoms with Gasteiger partial charge in [-0.1, -0.05) is 23.7 Å². The van der Waals surface area contributed by atoms with Crippen LogP contribution in [-0.2, 0) is 11.2 Å². The van der Waals surface area contributed by atoms with E-state index in [1.807, 2.05) is 12.1 Å². The number of benzene rings is 2. The van der Waals surface area contributed by atoms with Crippen molar-refractivity contribution in [3.05, 3.63) is 59.1 Å². The van der Waals surface area contributed by atoms with Crippen molar-refractivity contribution in [1.82, 2.24) is 10.0 Å². The van der Waals surface area contributed by atoms with Crippen LogP contribution in [0.2, 0.25) is 5.02 Å². The van der Waals surface area contributed by atoms with Crippen molar-refractivity contribution < 1.29 is 9.90 Å². The third-order valence-electron chi connectivity index (χ3n) is 4.51. The van der Waals surface area contributed by atoms with Gasteiger partial charge in [0.2, 0.25) is 0 Å². The molecule has 1 fully saturated rings. The number of phenols is 1. The molecule has 2 aromatic rings. The number of halogens is 1. The van der Waals surface area contributed by atoms with Gasteiger partial charge in [0.1, 0.15) is 11.8 Å². The maximum atomic E-state index is 13.2. The smallest absolute Gasteiger partial charge is 0.264 e. The second-order valence-corrected chi connectivity index (χ2v) is 6.90. The van der Waals surface area contributed by atoms with Crippen LogP contribution >= 0.6 is 11.6 Å². The highest BCUT2D eigenvalue weighted by Gasteiger charge is 2.30. The fourth-order valence-corrected chi connectivity index (χ4v) is 3.22. The van der Waals surface area contributed by atoms with Gasteiger partial charge >= 0.3 is 0 Å². The van der Waals surface area contributed by atoms with Gasteiger partial charge in [-0.3, -0.25) is 4.79 Å². The third kappa shape index (κ3) is 4.83. The predicted molar refractivity (Wildman–Crippen MR) is 104 cm³/mol. The van der Waals surface area contributed by atoms with Crippen LogP contribution in [0.25, 0.3) is 0 Å². The van der Waals surface area contributed by atoms with E-state index in [-0.39, 0.29) is 11.7 Å². The van der Waals surface area contributed by atoms with E-state index in [1.54, 1.807) is 36.4 Å². The Bertz CT molecular complexity index is 770. The molecule has 27 heavy (non-hydrogen) atoms. The highest BCUT2D eigenvalue weighted by atomic mass is 35.5. The van der Waals surface area contributed by atoms with E-state index in [4.69, 9.17) is 11.6 Å². The molecule has 1 heterocycles. The monoisotopic (exact) mass is 384 g/mol. The average Bonchev–Trinajstić information content (AvgIpc) is 2.70. The van der Waals surface area contributed by atoms with Crippen molar-refractivity contribution in [3.63, 3.8) is 0 Å². The summed E-state index contributed by atoms with van der Waals surface area (Å²) >= 11 is 5.95. The molecular formula is C20H21ClN4O2. The van der Waals surface area contributed by atoms with Crippen molar-refractivity contribution in [1.29, 1.82) is 5.26 Å². The third-order valence-corrected chi connectivity index (χ3v) is 4.76. The molecule has 6 nitrogen and oxygen atoms in total. The standard InChI is InChI=1S/C20H21ClN4O2/c21-16-5-7-17(8-6-16)23-19(13-15-3-9-18(26)10-4-15)20(27)25-12-2-1-11-24(25)14-22/h3-10,19,23,26H,1-2,11-13H2. The Balaban J connectivity index is 1.83. The first-order chi connectivity index (χ1) is 13.1. The summed E-state index contributed by atoms with van der Waals surface area (Å²) < 4.78 is 0. The molecule has 7 heteroatoms. The lowest BCUT2D eigenvalue weighted by molar-refractivity contribution is -0.147. The Morgan fingerprint density at radius 2 is 1.81 bits per heavy atom. The minimum absolute atomic E-state index is 0.153. The Kier molecular flexibility index (Phi) is 6.05. The summed E-state index contributed by atoms with van der Waals surface area (Å²) in [6, 6.07) is 13.4. The van der Waals surface area contributed by atoms with Gasteiger partial charge in [-0.25, -0.2) is 10.0 Å². The molecule has 1 aliphatic heterocycles. The molecule has 0 radical (unpaired) electrons. The Hall–Kier alpha value is -2.91. The average molecular weight is 385 g/mol. The van der Waals surface area contributed by atoms with Crippen LogP contribution in [0, 0.1) is 11.5 Å². The van der Waals surface area contributed by atoms with Crippen LogP contribution in [-0.4, -0.2) is 40.2 Å². The molecule has 2 aromatic carbocycles. The topological polar surface area (TPSA) is 79.6 Å². The van der Waals surface area contributed by atoms with E-state index in [2.05, 4.69) is 11.5 Å². The minimum atomic E-state index is -0.551. The lowest BCUT2D eigenvalue weighted by Crippen LogP contribution is -2.53. The van der Waals surface area contributed by atoms with Gasteiger partial charge in [0.25, 0.3) is 5.91 Å². The van der Waals surface area contributed by atoms with Crippen LogP contribution in [0.15, 0.2) is 48.5 Å². The number of hydrogen-bond acceptors (Lipinski definition) is 5. The first-order valence-corrected chi connectivity index (χ1v) is 9.23. The summed E-state index contributed by atoms with van der Waals surface area (Å²) in [4.78, 5) is 13.2. The van der Waals surface area contributed by atoms with Crippen LogP contribution < -0.4 is 5.32 Å². The summed E-state index contributed by atoms with van der Waals surface area (Å²) in [5.41, 5.74) is 1.69. The van der Waals surface area contributed by atoms with Crippen molar-refractivity contribution in [2.24, 2.45) is 0 Å². The van der Waals surface area contributed by atoms with E-state index < -0.39 is 6.04 Å². The number of anilines is 1. The maximum Gasteiger partial charge on any atom is 0.264 e. The molecule has 1 amide bonds. The molecule has 0 aromatic heterocycles. The van der Waals surface area contributed by atoms with Gasteiger partial charge < -0.3 is 10.4 Å². The zero-order chi connectivity index (χ0) is 19.2. The van der Waals surface area contributed by atoms with Gasteiger partial charge in [0.15, 0.2) is 6.19 Å². The zero-order valence-electron chi connectivity index (χ0n) is 14.8. The number of hydrogen-bond donors (Lipinski definition) is 2. The number of amides is 1. The first kappa shape index (κ1) is 18.9. The van der Waals surface area contributed by atoms with E-state index in [0.29, 0.717) is 24.5 Å². The fraction of sp³-hybridized carbons (Fsp3) is 0.300. The molecule has 0 saturated carbocycles. The van der Waals surface area contributed by atoms with Gasteiger partial charge in [-0.2, -0.15) is 5.26 Å². The van der Waals surface area contributed by atoms with Crippen molar-refractivity contribution in [2.75, 3.05) is 18.4 Å². The molecule has 1 aliphatic rings. The number of carbonyl (C=O) groups excluding carboxylic acids is 1. The molecule has 140 valence electrons. The highest BCUT2D eigenvalue weighted by molar-refractivity contribution is 6.30. The molecular weight excluding hydrogens is 364 g/mol. The number of carbonyl (C=O) groups is 1. The molecule has 0 spiro atoms. The largest absolute Gasteiger partial charge is 0.508 e. The molecule has 0 bridgehead atoms. The lowest BCUT2D eigenvalue weighted by Gasteiger charge is -2.37. The summed E-state index contributed by atoms with van der Waals surface area (Å²) in [5, 5.41) is 25.7. The molecule has 2 N–H and O–H groups in total. The number of phenolic OH excluding ortho intramolecular Hbond substituents is 1. The van der Waals surface area contributed by atoms with Gasteiger partial charge in [-0.05, 0) is 54.8 Å². The Morgan fingerprint density at radius 1 is 1.15 bits per heavy atom. The fourth-order valence-electron chi connectivity index (χ4n) is 3.09. The number of nitrogens with zero attached hydrogens (tertiary/aromatic N) is 3. The van der Waals surface area contributed by atoms with E-state index >= 15 is 0 Å². The second-order valence-electron chi connectivity index (χ2n) is 6.47. The molecule has 0 aliphatic carbocycles. The van der Waals surface area contributed by atoms with Crippen LogP contribution in [0.1, 0.15) is 18.4 Å². The van der Waals surface area contributed by atoms with Gasteiger partial charge in [-0.15, -0.1) is 0 Å². The van der Waals surface area contributed by atoms with Crippen molar-refractivity contribution in [3.8, 4) is 11.9 Å². The quantitative estimate of drug-likeness (QED) is 0.772. The minimum Gasteiger partial charge on any atom is -0.508 e. The molecule has 3 rings (SSSR count). The van der Waals surface area contributed by atoms with Crippen LogP contribution in [0.3, 0.4) is 0 Å². The molecule has 1 saturated heterocycles. The summed E-state index contributed by atoms with van der Waals surface area (Å²) in [6.45, 7) is 1.08. The lowest BCUT2D eigenvalue weighted by atomic mass is 10.0. The summed E-state index contributed by atoms with van der Waals surface area (Å²) in [5.74, 6) is 0.0262. The van der Waals surface area contributed by atoms with Crippen molar-refractivity contribution in [2.45, 2.75) is 25.3 Å². The first-order valence-electron chi connectivity index (χ1n) is 8.85. The van der Waals surface area contributed by atoms with Crippen LogP contribution in [0.5, 0.6) is 5.75 Å². The molecule has 1 unspecified atom stereocenters. The normalized spacial score (nSPS) is 15.1. The number of aromatic hydroxyl groups is 1. The highest BCUT2D eigenvalue weighted by Crippen LogP contribution is 2.20. The summed E-state index contributed by atoms with van der Waals surface area (Å²) in [6.07, 6.45) is 4.29.